The van der Waals surface area contributed by atoms with E-state index in [1.54, 1.807) is 30.5 Å². The van der Waals surface area contributed by atoms with Crippen molar-refractivity contribution in [1.82, 2.24) is 19.9 Å². The topological polar surface area (TPSA) is 88.3 Å². The van der Waals surface area contributed by atoms with E-state index >= 15 is 0 Å². The average molecular weight is 481 g/mol. The van der Waals surface area contributed by atoms with Gasteiger partial charge in [0.1, 0.15) is 12.2 Å². The molecule has 178 valence electrons. The van der Waals surface area contributed by atoms with Crippen molar-refractivity contribution in [3.8, 4) is 11.3 Å². The number of aryl methyl sites for hydroxylation is 1. The van der Waals surface area contributed by atoms with Gasteiger partial charge in [-0.15, -0.1) is 5.11 Å². The van der Waals surface area contributed by atoms with Crippen LogP contribution in [0.2, 0.25) is 0 Å². The molecule has 1 aromatic carbocycles. The number of pyridine rings is 2. The molecular weight excluding hydrogens is 462 g/mol. The largest absolute Gasteiger partial charge is 0.416 e. The predicted molar refractivity (Wildman–Crippen MR) is 122 cm³/mol. The maximum Gasteiger partial charge on any atom is 0.416 e. The van der Waals surface area contributed by atoms with Gasteiger partial charge in [-0.05, 0) is 48.9 Å². The zero-order valence-electron chi connectivity index (χ0n) is 18.5. The first kappa shape index (κ1) is 23.9. The fraction of sp³-hybridized carbons (Fsp3) is 0.167. The van der Waals surface area contributed by atoms with Crippen molar-refractivity contribution in [3.63, 3.8) is 0 Å². The van der Waals surface area contributed by atoms with E-state index in [-0.39, 0.29) is 18.2 Å². The van der Waals surface area contributed by atoms with Crippen molar-refractivity contribution >= 4 is 17.3 Å². The molecule has 3 heterocycles. The summed E-state index contributed by atoms with van der Waals surface area (Å²) in [7, 11) is 0. The van der Waals surface area contributed by atoms with Gasteiger partial charge in [-0.25, -0.2) is 14.4 Å². The zero-order valence-corrected chi connectivity index (χ0v) is 18.5. The van der Waals surface area contributed by atoms with Gasteiger partial charge >= 0.3 is 6.18 Å². The number of anilines is 2. The van der Waals surface area contributed by atoms with Crippen LogP contribution in [-0.4, -0.2) is 19.9 Å². The predicted octanol–water partition coefficient (Wildman–Crippen LogP) is 6.68. The van der Waals surface area contributed by atoms with E-state index < -0.39 is 17.6 Å². The van der Waals surface area contributed by atoms with E-state index in [2.05, 4.69) is 35.5 Å². The number of rotatable bonds is 7. The molecule has 0 amide bonds. The van der Waals surface area contributed by atoms with Crippen molar-refractivity contribution in [1.29, 1.82) is 0 Å². The second kappa shape index (κ2) is 10.3. The molecule has 7 nitrogen and oxygen atoms in total. The fourth-order valence-electron chi connectivity index (χ4n) is 3.13. The first-order chi connectivity index (χ1) is 16.8. The molecule has 0 aliphatic carbocycles. The first-order valence-electron chi connectivity index (χ1n) is 10.6. The summed E-state index contributed by atoms with van der Waals surface area (Å²) in [5.74, 6) is -0.582. The molecular formula is C24H19F4N7. The van der Waals surface area contributed by atoms with Crippen LogP contribution in [0, 0.1) is 5.82 Å². The molecule has 4 rings (SSSR count). The van der Waals surface area contributed by atoms with Crippen molar-refractivity contribution in [3.05, 3.63) is 89.9 Å². The van der Waals surface area contributed by atoms with Crippen LogP contribution < -0.4 is 5.32 Å². The number of azo groups is 1. The Balaban J connectivity index is 1.41. The summed E-state index contributed by atoms with van der Waals surface area (Å²) in [5, 5.41) is 10.9. The van der Waals surface area contributed by atoms with Crippen LogP contribution in [0.3, 0.4) is 0 Å². The Morgan fingerprint density at radius 2 is 1.77 bits per heavy atom. The van der Waals surface area contributed by atoms with E-state index in [1.165, 1.54) is 18.3 Å². The van der Waals surface area contributed by atoms with Gasteiger partial charge in [0.15, 0.2) is 5.82 Å². The highest BCUT2D eigenvalue weighted by Gasteiger charge is 2.30. The Morgan fingerprint density at radius 3 is 2.51 bits per heavy atom. The lowest BCUT2D eigenvalue weighted by atomic mass is 10.1. The summed E-state index contributed by atoms with van der Waals surface area (Å²) < 4.78 is 52.9. The molecule has 1 N–H and O–H groups in total. The Morgan fingerprint density at radius 1 is 0.914 bits per heavy atom. The molecule has 0 bridgehead atoms. The van der Waals surface area contributed by atoms with Crippen LogP contribution in [0.4, 0.5) is 34.9 Å². The van der Waals surface area contributed by atoms with E-state index in [4.69, 9.17) is 0 Å². The Bertz CT molecular complexity index is 1340. The molecule has 0 aliphatic rings. The van der Waals surface area contributed by atoms with Crippen molar-refractivity contribution < 1.29 is 17.6 Å². The quantitative estimate of drug-likeness (QED) is 0.235. The van der Waals surface area contributed by atoms with E-state index in [9.17, 15) is 17.6 Å². The molecule has 0 radical (unpaired) electrons. The number of hydrogen-bond acceptors (Lipinski definition) is 7. The molecule has 0 atom stereocenters. The van der Waals surface area contributed by atoms with Gasteiger partial charge in [0.05, 0.1) is 29.3 Å². The van der Waals surface area contributed by atoms with Gasteiger partial charge in [-0.1, -0.05) is 13.0 Å². The molecule has 4 aromatic rings. The van der Waals surface area contributed by atoms with Gasteiger partial charge in [0, 0.05) is 23.1 Å². The molecule has 35 heavy (non-hydrogen) atoms. The van der Waals surface area contributed by atoms with Crippen LogP contribution in [0.1, 0.15) is 23.9 Å². The number of nitrogens with zero attached hydrogens (tertiary/aromatic N) is 6. The molecule has 0 fully saturated rings. The zero-order chi connectivity index (χ0) is 24.8. The second-order valence-electron chi connectivity index (χ2n) is 7.40. The van der Waals surface area contributed by atoms with Crippen LogP contribution >= 0.6 is 0 Å². The highest BCUT2D eigenvalue weighted by molar-refractivity contribution is 5.61. The monoisotopic (exact) mass is 481 g/mol. The molecule has 0 spiro atoms. The summed E-state index contributed by atoms with van der Waals surface area (Å²) in [5.41, 5.74) is 2.10. The van der Waals surface area contributed by atoms with Crippen LogP contribution in [0.15, 0.2) is 77.3 Å². The lowest BCUT2D eigenvalue weighted by Gasteiger charge is -2.10. The lowest BCUT2D eigenvalue weighted by molar-refractivity contribution is -0.137. The second-order valence-corrected chi connectivity index (χ2v) is 7.40. The first-order valence-corrected chi connectivity index (χ1v) is 10.6. The molecule has 11 heteroatoms. The molecule has 0 saturated heterocycles. The van der Waals surface area contributed by atoms with Crippen molar-refractivity contribution in [2.45, 2.75) is 26.1 Å². The van der Waals surface area contributed by atoms with Gasteiger partial charge in [-0.3, -0.25) is 9.97 Å². The molecule has 0 unspecified atom stereocenters. The van der Waals surface area contributed by atoms with E-state index in [0.29, 0.717) is 29.1 Å². The number of halogens is 4. The molecule has 3 aromatic heterocycles. The van der Waals surface area contributed by atoms with Gasteiger partial charge < -0.3 is 5.32 Å². The van der Waals surface area contributed by atoms with Crippen molar-refractivity contribution in [2.75, 3.05) is 5.32 Å². The maximum atomic E-state index is 14.3. The Hall–Kier alpha value is -4.28. The van der Waals surface area contributed by atoms with Crippen LogP contribution in [0.25, 0.3) is 11.3 Å². The minimum atomic E-state index is -4.42. The lowest BCUT2D eigenvalue weighted by Crippen LogP contribution is -2.05. The maximum absolute atomic E-state index is 14.3. The van der Waals surface area contributed by atoms with Crippen molar-refractivity contribution in [2.24, 2.45) is 10.2 Å². The van der Waals surface area contributed by atoms with Crippen LogP contribution in [-0.2, 0) is 19.1 Å². The third-order valence-electron chi connectivity index (χ3n) is 4.88. The number of alkyl halides is 3. The average Bonchev–Trinajstić information content (AvgIpc) is 2.86. The van der Waals surface area contributed by atoms with E-state index in [1.807, 2.05) is 6.92 Å². The Labute approximate surface area is 198 Å². The minimum absolute atomic E-state index is 0.000839. The number of nitrogens with one attached hydrogen (secondary N) is 1. The standard InChI is InChI=1S/C24H19F4N7/c1-2-17-10-15(8-9-29-17)22-21(25)14-31-23(34-22)35-32-13-19-6-7-20(12-30-19)33-18-5-3-4-16(11-18)24(26,27)28/h3-12,14,33H,2,13H2,1H3. The molecule has 0 aliphatic heterocycles. The summed E-state index contributed by atoms with van der Waals surface area (Å²) in [4.78, 5) is 16.4. The fourth-order valence-corrected chi connectivity index (χ4v) is 3.13. The third-order valence-corrected chi connectivity index (χ3v) is 4.88. The summed E-state index contributed by atoms with van der Waals surface area (Å²) in [6.07, 6.45) is 0.390. The number of aromatic nitrogens is 4. The third kappa shape index (κ3) is 6.19. The normalized spacial score (nSPS) is 11.7. The summed E-state index contributed by atoms with van der Waals surface area (Å²) >= 11 is 0. The van der Waals surface area contributed by atoms with Gasteiger partial charge in [-0.2, -0.15) is 18.3 Å². The highest BCUT2D eigenvalue weighted by atomic mass is 19.4. The summed E-state index contributed by atoms with van der Waals surface area (Å²) in [6, 6.07) is 11.6. The Kier molecular flexibility index (Phi) is 7.04. The SMILES string of the molecule is CCc1cc(-c2nc(N=NCc3ccc(Nc4cccc(C(F)(F)F)c4)cn3)ncc2F)ccn1. The number of hydrogen-bond donors (Lipinski definition) is 1. The van der Waals surface area contributed by atoms with Gasteiger partial charge in [0.2, 0.25) is 0 Å². The van der Waals surface area contributed by atoms with Crippen LogP contribution in [0.5, 0.6) is 0 Å². The molecule has 0 saturated carbocycles. The van der Waals surface area contributed by atoms with E-state index in [0.717, 1.165) is 24.0 Å². The summed E-state index contributed by atoms with van der Waals surface area (Å²) in [6.45, 7) is 2.05. The highest BCUT2D eigenvalue weighted by Crippen LogP contribution is 2.31. The number of benzene rings is 1. The van der Waals surface area contributed by atoms with Gasteiger partial charge in [0.25, 0.3) is 5.95 Å². The minimum Gasteiger partial charge on any atom is -0.354 e. The smallest absolute Gasteiger partial charge is 0.354 e.